The van der Waals surface area contributed by atoms with Crippen molar-refractivity contribution >= 4 is 54.9 Å². The Bertz CT molecular complexity index is 1470. The van der Waals surface area contributed by atoms with Crippen LogP contribution in [0.4, 0.5) is 0 Å². The lowest BCUT2D eigenvalue weighted by molar-refractivity contribution is -0.121. The summed E-state index contributed by atoms with van der Waals surface area (Å²) in [5.74, 6) is 0.711. The summed E-state index contributed by atoms with van der Waals surface area (Å²) >= 11 is 4.28. The Balaban J connectivity index is 1.63. The largest absolute Gasteiger partial charge is 0.493 e. The first-order valence-corrected chi connectivity index (χ1v) is 14.1. The van der Waals surface area contributed by atoms with Gasteiger partial charge in [0.1, 0.15) is 6.61 Å². The molecule has 0 radical (unpaired) electrons. The number of carbonyl (C=O) groups is 1. The molecule has 0 aliphatic carbocycles. The maximum absolute atomic E-state index is 13.1. The highest BCUT2D eigenvalue weighted by Gasteiger charge is 2.34. The quantitative estimate of drug-likeness (QED) is 0.226. The van der Waals surface area contributed by atoms with E-state index in [1.54, 1.807) is 43.5 Å². The third kappa shape index (κ3) is 6.51. The van der Waals surface area contributed by atoms with Gasteiger partial charge in [-0.2, -0.15) is 8.42 Å². The van der Waals surface area contributed by atoms with Crippen LogP contribution in [0.25, 0.3) is 6.08 Å². The number of nitrogens with zero attached hydrogens (tertiary/aromatic N) is 2. The second-order valence-corrected chi connectivity index (χ2v) is 11.3. The SMILES string of the molecule is C=CCN1C(=O)C(=Cc2ccc(OC)c(OCc3ccccc3)c2)SC1=NS(=O)(=O)c1ccc(Br)cc1. The normalized spacial score (nSPS) is 15.8. The fourth-order valence-corrected chi connectivity index (χ4v) is 5.87. The van der Waals surface area contributed by atoms with Crippen LogP contribution in [-0.2, 0) is 21.4 Å². The molecule has 1 aliphatic heterocycles. The van der Waals surface area contributed by atoms with Gasteiger partial charge in [0.2, 0.25) is 0 Å². The van der Waals surface area contributed by atoms with E-state index in [-0.39, 0.29) is 22.5 Å². The van der Waals surface area contributed by atoms with E-state index >= 15 is 0 Å². The molecule has 37 heavy (non-hydrogen) atoms. The number of amidine groups is 1. The summed E-state index contributed by atoms with van der Waals surface area (Å²) in [4.78, 5) is 14.8. The lowest BCUT2D eigenvalue weighted by Gasteiger charge is -2.12. The number of benzene rings is 3. The molecular formula is C27H23BrN2O5S2. The maximum atomic E-state index is 13.1. The van der Waals surface area contributed by atoms with E-state index in [2.05, 4.69) is 26.9 Å². The summed E-state index contributed by atoms with van der Waals surface area (Å²) in [6.45, 7) is 4.15. The molecular weight excluding hydrogens is 576 g/mol. The minimum absolute atomic E-state index is 0.0302. The van der Waals surface area contributed by atoms with Gasteiger partial charge < -0.3 is 9.47 Å². The van der Waals surface area contributed by atoms with Crippen molar-refractivity contribution in [2.75, 3.05) is 13.7 Å². The van der Waals surface area contributed by atoms with Gasteiger partial charge in [0, 0.05) is 11.0 Å². The van der Waals surface area contributed by atoms with Crippen LogP contribution in [0.3, 0.4) is 0 Å². The highest BCUT2D eigenvalue weighted by atomic mass is 79.9. The number of rotatable bonds is 9. The Labute approximate surface area is 228 Å². The standard InChI is InChI=1S/C27H23BrN2O5S2/c1-3-15-30-26(31)25(36-27(30)29-37(32,33)22-12-10-21(28)11-13-22)17-20-9-14-23(34-2)24(16-20)35-18-19-7-5-4-6-8-19/h3-14,16-17H,1,15,18H2,2H3. The molecule has 0 saturated carbocycles. The molecule has 10 heteroatoms. The number of hydrogen-bond acceptors (Lipinski definition) is 6. The summed E-state index contributed by atoms with van der Waals surface area (Å²) in [5, 5.41) is 0.0631. The van der Waals surface area contributed by atoms with Crippen LogP contribution in [-0.4, -0.2) is 38.0 Å². The molecule has 3 aromatic rings. The maximum Gasteiger partial charge on any atom is 0.284 e. The van der Waals surface area contributed by atoms with Gasteiger partial charge in [-0.05, 0) is 65.4 Å². The van der Waals surface area contributed by atoms with Crippen LogP contribution < -0.4 is 9.47 Å². The highest BCUT2D eigenvalue weighted by Crippen LogP contribution is 2.36. The smallest absolute Gasteiger partial charge is 0.284 e. The number of hydrogen-bond donors (Lipinski definition) is 0. The summed E-state index contributed by atoms with van der Waals surface area (Å²) in [6, 6.07) is 21.2. The molecule has 7 nitrogen and oxygen atoms in total. The summed E-state index contributed by atoms with van der Waals surface area (Å²) in [6.07, 6.45) is 3.19. The van der Waals surface area contributed by atoms with Crippen molar-refractivity contribution in [3.63, 3.8) is 0 Å². The van der Waals surface area contributed by atoms with Gasteiger partial charge in [0.25, 0.3) is 15.9 Å². The molecule has 1 amide bonds. The molecule has 190 valence electrons. The van der Waals surface area contributed by atoms with E-state index in [1.165, 1.54) is 23.1 Å². The fourth-order valence-electron chi connectivity index (χ4n) is 3.41. The van der Waals surface area contributed by atoms with E-state index in [0.717, 1.165) is 21.8 Å². The fraction of sp³-hybridized carbons (Fsp3) is 0.111. The van der Waals surface area contributed by atoms with Crippen molar-refractivity contribution in [1.82, 2.24) is 4.90 Å². The van der Waals surface area contributed by atoms with E-state index < -0.39 is 10.0 Å². The van der Waals surface area contributed by atoms with Crippen LogP contribution in [0.5, 0.6) is 11.5 Å². The first-order valence-electron chi connectivity index (χ1n) is 11.1. The second-order valence-electron chi connectivity index (χ2n) is 7.80. The first-order chi connectivity index (χ1) is 17.8. The molecule has 0 N–H and O–H groups in total. The molecule has 1 aliphatic rings. The third-order valence-electron chi connectivity index (χ3n) is 5.23. The van der Waals surface area contributed by atoms with Crippen molar-refractivity contribution < 1.29 is 22.7 Å². The molecule has 1 saturated heterocycles. The van der Waals surface area contributed by atoms with Gasteiger partial charge in [-0.3, -0.25) is 9.69 Å². The number of amides is 1. The van der Waals surface area contributed by atoms with Crippen LogP contribution in [0, 0.1) is 0 Å². The van der Waals surface area contributed by atoms with Crippen LogP contribution in [0.2, 0.25) is 0 Å². The van der Waals surface area contributed by atoms with E-state index in [0.29, 0.717) is 28.6 Å². The predicted molar refractivity (Wildman–Crippen MR) is 150 cm³/mol. The molecule has 0 unspecified atom stereocenters. The zero-order valence-corrected chi connectivity index (χ0v) is 23.1. The van der Waals surface area contributed by atoms with E-state index in [1.807, 2.05) is 30.3 Å². The van der Waals surface area contributed by atoms with E-state index in [9.17, 15) is 13.2 Å². The van der Waals surface area contributed by atoms with Gasteiger partial charge in [-0.15, -0.1) is 11.0 Å². The monoisotopic (exact) mass is 598 g/mol. The number of halogens is 1. The number of carbonyl (C=O) groups excluding carboxylic acids is 1. The molecule has 1 fully saturated rings. The van der Waals surface area contributed by atoms with Gasteiger partial charge in [-0.1, -0.05) is 58.4 Å². The molecule has 0 aromatic heterocycles. The van der Waals surface area contributed by atoms with Crippen LogP contribution in [0.15, 0.2) is 104 Å². The Morgan fingerprint density at radius 3 is 2.46 bits per heavy atom. The second kappa shape index (κ2) is 11.8. The van der Waals surface area contributed by atoms with Crippen molar-refractivity contribution in [1.29, 1.82) is 0 Å². The highest BCUT2D eigenvalue weighted by molar-refractivity contribution is 9.10. The van der Waals surface area contributed by atoms with Crippen molar-refractivity contribution in [3.05, 3.63) is 106 Å². The van der Waals surface area contributed by atoms with Crippen molar-refractivity contribution in [2.24, 2.45) is 4.40 Å². The van der Waals surface area contributed by atoms with Gasteiger partial charge in [-0.25, -0.2) is 0 Å². The Morgan fingerprint density at radius 2 is 1.78 bits per heavy atom. The number of methoxy groups -OCH3 is 1. The lowest BCUT2D eigenvalue weighted by Crippen LogP contribution is -2.29. The molecule has 4 rings (SSSR count). The minimum atomic E-state index is -4.03. The molecule has 0 bridgehead atoms. The predicted octanol–water partition coefficient (Wildman–Crippen LogP) is 5.88. The minimum Gasteiger partial charge on any atom is -0.493 e. The molecule has 3 aromatic carbocycles. The molecule has 0 atom stereocenters. The van der Waals surface area contributed by atoms with Crippen molar-refractivity contribution in [3.8, 4) is 11.5 Å². The Kier molecular flexibility index (Phi) is 8.52. The summed E-state index contributed by atoms with van der Waals surface area (Å²) in [7, 11) is -2.47. The van der Waals surface area contributed by atoms with Crippen LogP contribution in [0.1, 0.15) is 11.1 Å². The molecule has 1 heterocycles. The zero-order chi connectivity index (χ0) is 26.4. The lowest BCUT2D eigenvalue weighted by atomic mass is 10.1. The zero-order valence-electron chi connectivity index (χ0n) is 19.8. The third-order valence-corrected chi connectivity index (χ3v) is 8.16. The Morgan fingerprint density at radius 1 is 1.05 bits per heavy atom. The molecule has 0 spiro atoms. The van der Waals surface area contributed by atoms with Gasteiger partial charge in [0.05, 0.1) is 16.9 Å². The summed E-state index contributed by atoms with van der Waals surface area (Å²) < 4.78 is 41.9. The average Bonchev–Trinajstić information content (AvgIpc) is 3.17. The van der Waals surface area contributed by atoms with Crippen molar-refractivity contribution in [2.45, 2.75) is 11.5 Å². The first kappa shape index (κ1) is 26.7. The number of sulfonamides is 1. The van der Waals surface area contributed by atoms with E-state index in [4.69, 9.17) is 9.47 Å². The Hall–Kier alpha value is -3.34. The average molecular weight is 600 g/mol. The number of thioether (sulfide) groups is 1. The van der Waals surface area contributed by atoms with Crippen LogP contribution >= 0.6 is 27.7 Å². The van der Waals surface area contributed by atoms with Gasteiger partial charge in [0.15, 0.2) is 16.7 Å². The topological polar surface area (TPSA) is 85.3 Å². The summed E-state index contributed by atoms with van der Waals surface area (Å²) in [5.41, 5.74) is 1.69. The number of ether oxygens (including phenoxy) is 2. The van der Waals surface area contributed by atoms with Gasteiger partial charge >= 0.3 is 0 Å².